The maximum Gasteiger partial charge on any atom is 0.254 e. The molecule has 1 aromatic carbocycles. The first kappa shape index (κ1) is 16.2. The Morgan fingerprint density at radius 2 is 1.92 bits per heavy atom. The number of anilines is 1. The molecule has 1 saturated heterocycles. The third kappa shape index (κ3) is 3.15. The lowest BCUT2D eigenvalue weighted by Gasteiger charge is -2.34. The Balaban J connectivity index is 1.51. The molecule has 25 heavy (non-hydrogen) atoms. The zero-order valence-electron chi connectivity index (χ0n) is 14.8. The van der Waals surface area contributed by atoms with Gasteiger partial charge in [-0.15, -0.1) is 0 Å². The third-order valence-electron chi connectivity index (χ3n) is 5.52. The van der Waals surface area contributed by atoms with Gasteiger partial charge >= 0.3 is 0 Å². The Hall–Kier alpha value is -2.30. The van der Waals surface area contributed by atoms with Crippen LogP contribution >= 0.6 is 0 Å². The molecule has 0 spiro atoms. The highest BCUT2D eigenvalue weighted by molar-refractivity contribution is 5.58. The minimum atomic E-state index is 0.0897. The van der Waals surface area contributed by atoms with Gasteiger partial charge in [0, 0.05) is 24.6 Å². The van der Waals surface area contributed by atoms with Gasteiger partial charge in [0.2, 0.25) is 0 Å². The van der Waals surface area contributed by atoms with E-state index in [4.69, 9.17) is 9.72 Å². The van der Waals surface area contributed by atoms with Crippen LogP contribution in [0.5, 0.6) is 5.75 Å². The number of para-hydroxylation sites is 2. The van der Waals surface area contributed by atoms with E-state index >= 15 is 0 Å². The highest BCUT2D eigenvalue weighted by Gasteiger charge is 2.25. The number of aryl methyl sites for hydroxylation is 1. The summed E-state index contributed by atoms with van der Waals surface area (Å²) < 4.78 is 5.49. The van der Waals surface area contributed by atoms with Crippen molar-refractivity contribution in [3.63, 3.8) is 0 Å². The maximum atomic E-state index is 12.4. The van der Waals surface area contributed by atoms with E-state index in [-0.39, 0.29) is 5.56 Å². The van der Waals surface area contributed by atoms with E-state index in [1.807, 2.05) is 18.2 Å². The molecule has 1 aromatic heterocycles. The Kier molecular flexibility index (Phi) is 4.47. The smallest absolute Gasteiger partial charge is 0.254 e. The molecule has 1 N–H and O–H groups in total. The van der Waals surface area contributed by atoms with Crippen LogP contribution in [0.3, 0.4) is 0 Å². The van der Waals surface area contributed by atoms with Crippen LogP contribution in [-0.4, -0.2) is 30.2 Å². The van der Waals surface area contributed by atoms with Gasteiger partial charge in [-0.05, 0) is 50.7 Å². The normalized spacial score (nSPS) is 18.0. The molecule has 132 valence electrons. The van der Waals surface area contributed by atoms with Crippen LogP contribution < -0.4 is 15.2 Å². The second-order valence-corrected chi connectivity index (χ2v) is 7.02. The van der Waals surface area contributed by atoms with Crippen molar-refractivity contribution in [3.05, 3.63) is 51.7 Å². The summed E-state index contributed by atoms with van der Waals surface area (Å²) in [6, 6.07) is 8.16. The van der Waals surface area contributed by atoms with Crippen LogP contribution in [0.2, 0.25) is 0 Å². The first-order chi connectivity index (χ1) is 12.3. The minimum Gasteiger partial charge on any atom is -0.495 e. The second kappa shape index (κ2) is 6.90. The number of fused-ring (bicyclic) bond motifs is 1. The van der Waals surface area contributed by atoms with E-state index in [0.717, 1.165) is 80.1 Å². The Bertz CT molecular complexity index is 807. The number of aromatic nitrogens is 2. The lowest BCUT2D eigenvalue weighted by molar-refractivity contribution is 0.410. The standard InChI is InChI=1S/C20H25N3O2/c1-25-18-9-5-4-8-17(18)23-12-10-14(11-13-23)19-21-16-7-3-2-6-15(16)20(24)22-19/h4-5,8-9,14H,2-3,6-7,10-13H2,1H3,(H,21,22,24). The molecule has 0 radical (unpaired) electrons. The molecular weight excluding hydrogens is 314 g/mol. The highest BCUT2D eigenvalue weighted by Crippen LogP contribution is 2.33. The predicted molar refractivity (Wildman–Crippen MR) is 98.7 cm³/mol. The van der Waals surface area contributed by atoms with Gasteiger partial charge in [-0.2, -0.15) is 0 Å². The number of hydrogen-bond acceptors (Lipinski definition) is 4. The fourth-order valence-electron chi connectivity index (χ4n) is 4.10. The first-order valence-corrected chi connectivity index (χ1v) is 9.26. The minimum absolute atomic E-state index is 0.0897. The summed E-state index contributed by atoms with van der Waals surface area (Å²) in [6.45, 7) is 1.90. The van der Waals surface area contributed by atoms with Crippen molar-refractivity contribution in [2.24, 2.45) is 0 Å². The number of nitrogens with zero attached hydrogens (tertiary/aromatic N) is 2. The van der Waals surface area contributed by atoms with Crippen LogP contribution in [0.25, 0.3) is 0 Å². The van der Waals surface area contributed by atoms with Gasteiger partial charge in [-0.1, -0.05) is 12.1 Å². The topological polar surface area (TPSA) is 58.2 Å². The average Bonchev–Trinajstić information content (AvgIpc) is 2.68. The van der Waals surface area contributed by atoms with Crippen molar-refractivity contribution < 1.29 is 4.74 Å². The van der Waals surface area contributed by atoms with Gasteiger partial charge in [0.15, 0.2) is 0 Å². The number of methoxy groups -OCH3 is 1. The molecule has 2 aromatic rings. The SMILES string of the molecule is COc1ccccc1N1CCC(c2nc3c(c(=O)[nH]2)CCCC3)CC1. The number of aromatic amines is 1. The summed E-state index contributed by atoms with van der Waals surface area (Å²) in [5.41, 5.74) is 3.20. The van der Waals surface area contributed by atoms with E-state index in [1.165, 1.54) is 0 Å². The average molecular weight is 339 g/mol. The summed E-state index contributed by atoms with van der Waals surface area (Å²) in [6.07, 6.45) is 6.08. The van der Waals surface area contributed by atoms with Crippen molar-refractivity contribution in [1.29, 1.82) is 0 Å². The van der Waals surface area contributed by atoms with Crippen molar-refractivity contribution in [1.82, 2.24) is 9.97 Å². The Labute approximate surface area is 148 Å². The summed E-state index contributed by atoms with van der Waals surface area (Å²) in [5, 5.41) is 0. The predicted octanol–water partition coefficient (Wildman–Crippen LogP) is 3.04. The summed E-state index contributed by atoms with van der Waals surface area (Å²) in [5.74, 6) is 2.15. The molecule has 0 unspecified atom stereocenters. The number of nitrogens with one attached hydrogen (secondary N) is 1. The van der Waals surface area contributed by atoms with Gasteiger partial charge in [0.1, 0.15) is 11.6 Å². The van der Waals surface area contributed by atoms with Crippen molar-refractivity contribution >= 4 is 5.69 Å². The first-order valence-electron chi connectivity index (χ1n) is 9.26. The van der Waals surface area contributed by atoms with E-state index in [9.17, 15) is 4.79 Å². The van der Waals surface area contributed by atoms with Crippen molar-refractivity contribution in [2.75, 3.05) is 25.1 Å². The number of rotatable bonds is 3. The molecule has 5 heteroatoms. The molecule has 0 saturated carbocycles. The van der Waals surface area contributed by atoms with Gasteiger partial charge in [0.25, 0.3) is 5.56 Å². The lowest BCUT2D eigenvalue weighted by atomic mass is 9.93. The molecule has 1 aliphatic carbocycles. The number of benzene rings is 1. The fraction of sp³-hybridized carbons (Fsp3) is 0.500. The molecule has 5 nitrogen and oxygen atoms in total. The molecule has 2 aliphatic rings. The molecule has 0 bridgehead atoms. The third-order valence-corrected chi connectivity index (χ3v) is 5.52. The second-order valence-electron chi connectivity index (χ2n) is 7.02. The molecule has 0 amide bonds. The molecule has 1 aliphatic heterocycles. The Morgan fingerprint density at radius 3 is 2.72 bits per heavy atom. The fourth-order valence-corrected chi connectivity index (χ4v) is 4.10. The molecular formula is C20H25N3O2. The van der Waals surface area contributed by atoms with Gasteiger partial charge < -0.3 is 14.6 Å². The molecule has 1 fully saturated rings. The van der Waals surface area contributed by atoms with Crippen LogP contribution in [0.1, 0.15) is 48.7 Å². The lowest BCUT2D eigenvalue weighted by Crippen LogP contribution is -2.34. The van der Waals surface area contributed by atoms with Gasteiger partial charge in [-0.3, -0.25) is 4.79 Å². The van der Waals surface area contributed by atoms with E-state index in [0.29, 0.717) is 5.92 Å². The largest absolute Gasteiger partial charge is 0.495 e. The summed E-state index contributed by atoms with van der Waals surface area (Å²) in [4.78, 5) is 22.6. The number of hydrogen-bond donors (Lipinski definition) is 1. The van der Waals surface area contributed by atoms with Crippen LogP contribution in [0.4, 0.5) is 5.69 Å². The van der Waals surface area contributed by atoms with E-state index in [2.05, 4.69) is 16.0 Å². The van der Waals surface area contributed by atoms with Crippen LogP contribution in [0, 0.1) is 0 Å². The molecule has 2 heterocycles. The number of H-pyrrole nitrogens is 1. The molecule has 0 atom stereocenters. The monoisotopic (exact) mass is 339 g/mol. The zero-order valence-corrected chi connectivity index (χ0v) is 14.8. The number of ether oxygens (including phenoxy) is 1. The quantitative estimate of drug-likeness (QED) is 0.934. The number of piperidine rings is 1. The van der Waals surface area contributed by atoms with Gasteiger partial charge in [0.05, 0.1) is 18.5 Å². The Morgan fingerprint density at radius 1 is 1.16 bits per heavy atom. The van der Waals surface area contributed by atoms with Crippen molar-refractivity contribution in [3.8, 4) is 5.75 Å². The molecule has 4 rings (SSSR count). The highest BCUT2D eigenvalue weighted by atomic mass is 16.5. The zero-order chi connectivity index (χ0) is 17.2. The van der Waals surface area contributed by atoms with Crippen molar-refractivity contribution in [2.45, 2.75) is 44.4 Å². The van der Waals surface area contributed by atoms with E-state index < -0.39 is 0 Å². The van der Waals surface area contributed by atoms with Gasteiger partial charge in [-0.25, -0.2) is 4.98 Å². The summed E-state index contributed by atoms with van der Waals surface area (Å²) >= 11 is 0. The van der Waals surface area contributed by atoms with E-state index in [1.54, 1.807) is 7.11 Å². The van der Waals surface area contributed by atoms with Crippen LogP contribution in [-0.2, 0) is 12.8 Å². The maximum absolute atomic E-state index is 12.4. The summed E-state index contributed by atoms with van der Waals surface area (Å²) in [7, 11) is 1.72. The van der Waals surface area contributed by atoms with Crippen LogP contribution in [0.15, 0.2) is 29.1 Å².